The number of aromatic nitrogens is 3. The molecule has 3 heterocycles. The normalized spacial score (nSPS) is 20.1. The molecule has 2 aromatic rings. The topological polar surface area (TPSA) is 63.1 Å². The molecule has 2 aromatic heterocycles. The maximum Gasteiger partial charge on any atom is 0.229 e. The minimum atomic E-state index is -0.0155. The van der Waals surface area contributed by atoms with Crippen molar-refractivity contribution in [2.24, 2.45) is 5.92 Å². The highest BCUT2D eigenvalue weighted by molar-refractivity contribution is 5.92. The van der Waals surface area contributed by atoms with Gasteiger partial charge in [0.2, 0.25) is 5.91 Å². The van der Waals surface area contributed by atoms with E-state index in [-0.39, 0.29) is 11.8 Å². The van der Waals surface area contributed by atoms with Gasteiger partial charge in [-0.15, -0.1) is 0 Å². The minimum Gasteiger partial charge on any atom is -0.363 e. The molecule has 1 fully saturated rings. The van der Waals surface area contributed by atoms with E-state index in [0.29, 0.717) is 11.7 Å². The largest absolute Gasteiger partial charge is 0.363 e. The first kappa shape index (κ1) is 18.0. The van der Waals surface area contributed by atoms with Gasteiger partial charge in [0.1, 0.15) is 17.5 Å². The molecule has 1 amide bonds. The van der Waals surface area contributed by atoms with Crippen LogP contribution < -0.4 is 10.2 Å². The molecule has 4 rings (SSSR count). The molecular formula is C21H29N5O. The number of fused-ring (bicyclic) bond motifs is 1. The summed E-state index contributed by atoms with van der Waals surface area (Å²) in [5.74, 6) is 3.36. The van der Waals surface area contributed by atoms with Crippen LogP contribution in [-0.4, -0.2) is 34.5 Å². The number of hydrogen-bond donors (Lipinski definition) is 1. The predicted molar refractivity (Wildman–Crippen MR) is 107 cm³/mol. The van der Waals surface area contributed by atoms with Gasteiger partial charge in [-0.05, 0) is 31.4 Å². The van der Waals surface area contributed by atoms with E-state index in [1.54, 1.807) is 0 Å². The van der Waals surface area contributed by atoms with Crippen LogP contribution in [0.5, 0.6) is 0 Å². The summed E-state index contributed by atoms with van der Waals surface area (Å²) in [4.78, 5) is 23.9. The summed E-state index contributed by atoms with van der Waals surface area (Å²) in [5.41, 5.74) is 1.21. The molecule has 1 N–H and O–H groups in total. The summed E-state index contributed by atoms with van der Waals surface area (Å²) in [6.45, 7) is 0.893. The van der Waals surface area contributed by atoms with Crippen molar-refractivity contribution in [3.8, 4) is 0 Å². The number of rotatable bonds is 4. The lowest BCUT2D eigenvalue weighted by molar-refractivity contribution is -0.120. The Balaban J connectivity index is 1.43. The maximum absolute atomic E-state index is 12.8. The average Bonchev–Trinajstić information content (AvgIpc) is 3.12. The number of nitrogens with zero attached hydrogens (tertiary/aromatic N) is 4. The molecule has 1 unspecified atom stereocenters. The van der Waals surface area contributed by atoms with Crippen molar-refractivity contribution >= 4 is 17.5 Å². The van der Waals surface area contributed by atoms with Crippen LogP contribution in [0.25, 0.3) is 0 Å². The van der Waals surface area contributed by atoms with E-state index in [4.69, 9.17) is 4.98 Å². The molecular weight excluding hydrogens is 338 g/mol. The Morgan fingerprint density at radius 3 is 2.78 bits per heavy atom. The average molecular weight is 367 g/mol. The number of carbonyl (C=O) groups excluding carboxylic acids is 1. The summed E-state index contributed by atoms with van der Waals surface area (Å²) in [6, 6.07) is 5.70. The molecule has 1 aliphatic heterocycles. The van der Waals surface area contributed by atoms with Gasteiger partial charge in [-0.3, -0.25) is 4.79 Å². The van der Waals surface area contributed by atoms with Crippen LogP contribution >= 0.6 is 0 Å². The summed E-state index contributed by atoms with van der Waals surface area (Å²) < 4.78 is 2.38. The maximum atomic E-state index is 12.8. The van der Waals surface area contributed by atoms with Crippen molar-refractivity contribution in [3.63, 3.8) is 0 Å². The summed E-state index contributed by atoms with van der Waals surface area (Å²) in [5, 5.41) is 3.00. The van der Waals surface area contributed by atoms with Gasteiger partial charge in [0, 0.05) is 50.8 Å². The van der Waals surface area contributed by atoms with Crippen molar-refractivity contribution in [2.45, 2.75) is 57.4 Å². The number of carbonyl (C=O) groups is 1. The lowest BCUT2D eigenvalue weighted by Gasteiger charge is -2.27. The Morgan fingerprint density at radius 1 is 1.19 bits per heavy atom. The van der Waals surface area contributed by atoms with Crippen molar-refractivity contribution in [3.05, 3.63) is 35.9 Å². The van der Waals surface area contributed by atoms with Crippen LogP contribution in [0.2, 0.25) is 0 Å². The number of hydrogen-bond acceptors (Lipinski definition) is 4. The van der Waals surface area contributed by atoms with Crippen LogP contribution in [-0.2, 0) is 17.8 Å². The Bertz CT molecular complexity index is 807. The number of pyridine rings is 1. The molecule has 0 saturated heterocycles. The summed E-state index contributed by atoms with van der Waals surface area (Å²) in [7, 11) is 3.89. The van der Waals surface area contributed by atoms with Gasteiger partial charge in [-0.1, -0.05) is 25.3 Å². The van der Waals surface area contributed by atoms with E-state index in [9.17, 15) is 4.79 Å². The minimum absolute atomic E-state index is 0.0155. The lowest BCUT2D eigenvalue weighted by Crippen LogP contribution is -2.31. The second-order valence-electron chi connectivity index (χ2n) is 8.05. The summed E-state index contributed by atoms with van der Waals surface area (Å²) in [6.07, 6.45) is 10.1. The van der Waals surface area contributed by atoms with Gasteiger partial charge in [0.25, 0.3) is 0 Å². The van der Waals surface area contributed by atoms with Gasteiger partial charge in [0.05, 0.1) is 0 Å². The molecule has 1 aliphatic carbocycles. The third-order valence-electron chi connectivity index (χ3n) is 5.91. The molecule has 6 nitrogen and oxygen atoms in total. The zero-order valence-corrected chi connectivity index (χ0v) is 16.3. The van der Waals surface area contributed by atoms with Crippen LogP contribution in [0.3, 0.4) is 0 Å². The molecule has 6 heteroatoms. The molecule has 0 spiro atoms. The highest BCUT2D eigenvalue weighted by atomic mass is 16.1. The van der Waals surface area contributed by atoms with Crippen LogP contribution in [0, 0.1) is 5.92 Å². The third kappa shape index (κ3) is 3.84. The standard InChI is InChI=1S/C21H29N5O/c1-25(2)19-10-6-9-18(23-19)24-21(27)16-11-12-26-17(13-16)14-22-20(26)15-7-4-3-5-8-15/h6,9-10,14-16H,3-5,7-8,11-13H2,1-2H3,(H,23,24,27). The fourth-order valence-electron chi connectivity index (χ4n) is 4.37. The number of amides is 1. The Labute approximate surface area is 161 Å². The zero-order valence-electron chi connectivity index (χ0n) is 16.3. The second-order valence-corrected chi connectivity index (χ2v) is 8.05. The van der Waals surface area contributed by atoms with E-state index in [2.05, 4.69) is 14.9 Å². The number of imidazole rings is 1. The van der Waals surface area contributed by atoms with E-state index in [1.807, 2.05) is 43.4 Å². The third-order valence-corrected chi connectivity index (χ3v) is 5.91. The highest BCUT2D eigenvalue weighted by Gasteiger charge is 2.29. The molecule has 27 heavy (non-hydrogen) atoms. The molecule has 1 saturated carbocycles. The molecule has 0 radical (unpaired) electrons. The summed E-state index contributed by atoms with van der Waals surface area (Å²) >= 11 is 0. The predicted octanol–water partition coefficient (Wildman–Crippen LogP) is 3.59. The fourth-order valence-corrected chi connectivity index (χ4v) is 4.37. The van der Waals surface area contributed by atoms with Crippen LogP contribution in [0.1, 0.15) is 56.0 Å². The smallest absolute Gasteiger partial charge is 0.229 e. The molecule has 0 bridgehead atoms. The quantitative estimate of drug-likeness (QED) is 0.897. The monoisotopic (exact) mass is 367 g/mol. The Kier molecular flexibility index (Phi) is 5.14. The van der Waals surface area contributed by atoms with Crippen molar-refractivity contribution in [1.29, 1.82) is 0 Å². The molecule has 0 aromatic carbocycles. The lowest BCUT2D eigenvalue weighted by atomic mass is 9.88. The van der Waals surface area contributed by atoms with Crippen molar-refractivity contribution in [2.75, 3.05) is 24.3 Å². The number of nitrogens with one attached hydrogen (secondary N) is 1. The van der Waals surface area contributed by atoms with Gasteiger partial charge < -0.3 is 14.8 Å². The molecule has 144 valence electrons. The zero-order chi connectivity index (χ0) is 18.8. The molecule has 1 atom stereocenters. The van der Waals surface area contributed by atoms with E-state index < -0.39 is 0 Å². The van der Waals surface area contributed by atoms with Gasteiger partial charge in [-0.25, -0.2) is 9.97 Å². The SMILES string of the molecule is CN(C)c1cccc(NC(=O)C2CCn3c(cnc3C3CCCCC3)C2)n1. The van der Waals surface area contributed by atoms with E-state index in [1.165, 1.54) is 43.6 Å². The van der Waals surface area contributed by atoms with Crippen LogP contribution in [0.4, 0.5) is 11.6 Å². The van der Waals surface area contributed by atoms with E-state index >= 15 is 0 Å². The van der Waals surface area contributed by atoms with Gasteiger partial charge in [-0.2, -0.15) is 0 Å². The molecule has 2 aliphatic rings. The number of anilines is 2. The highest BCUT2D eigenvalue weighted by Crippen LogP contribution is 2.34. The first-order chi connectivity index (χ1) is 13.1. The first-order valence-electron chi connectivity index (χ1n) is 10.1. The van der Waals surface area contributed by atoms with Gasteiger partial charge >= 0.3 is 0 Å². The van der Waals surface area contributed by atoms with E-state index in [0.717, 1.165) is 25.2 Å². The Hall–Kier alpha value is -2.37. The van der Waals surface area contributed by atoms with Gasteiger partial charge in [0.15, 0.2) is 0 Å². The van der Waals surface area contributed by atoms with Crippen molar-refractivity contribution in [1.82, 2.24) is 14.5 Å². The van der Waals surface area contributed by atoms with Crippen LogP contribution in [0.15, 0.2) is 24.4 Å². The first-order valence-corrected chi connectivity index (χ1v) is 10.1. The fraction of sp³-hybridized carbons (Fsp3) is 0.571. The second kappa shape index (κ2) is 7.71. The Morgan fingerprint density at radius 2 is 2.00 bits per heavy atom. The van der Waals surface area contributed by atoms with Crippen molar-refractivity contribution < 1.29 is 4.79 Å².